The Morgan fingerprint density at radius 2 is 2.25 bits per heavy atom. The maximum Gasteiger partial charge on any atom is 0.271 e. The van der Waals surface area contributed by atoms with Gasteiger partial charge in [-0.25, -0.2) is 0 Å². The van der Waals surface area contributed by atoms with Gasteiger partial charge in [0.2, 0.25) is 5.91 Å². The van der Waals surface area contributed by atoms with Gasteiger partial charge in [0.05, 0.1) is 23.8 Å². The zero-order chi connectivity index (χ0) is 15.3. The molecule has 0 fully saturated rings. The van der Waals surface area contributed by atoms with Crippen LogP contribution in [0, 0.1) is 26.9 Å². The van der Waals surface area contributed by atoms with E-state index >= 15 is 0 Å². The smallest absolute Gasteiger partial charge is 0.271 e. The van der Waals surface area contributed by atoms with Crippen LogP contribution in [0.2, 0.25) is 0 Å². The van der Waals surface area contributed by atoms with Crippen molar-refractivity contribution in [1.29, 1.82) is 5.26 Å². The fraction of sp³-hybridized carbons (Fsp3) is 0.385. The van der Waals surface area contributed by atoms with Crippen LogP contribution in [0.25, 0.3) is 0 Å². The van der Waals surface area contributed by atoms with Crippen molar-refractivity contribution in [3.63, 3.8) is 0 Å². The average molecular weight is 277 g/mol. The van der Waals surface area contributed by atoms with Gasteiger partial charge in [-0.15, -0.1) is 0 Å². The molecule has 0 saturated heterocycles. The van der Waals surface area contributed by atoms with Crippen molar-refractivity contribution in [2.45, 2.75) is 20.3 Å². The quantitative estimate of drug-likeness (QED) is 0.657. The number of carbonyl (C=O) groups excluding carboxylic acids is 1. The molecule has 0 aliphatic rings. The number of carbonyl (C=O) groups is 1. The molecule has 0 heterocycles. The fourth-order valence-corrected chi connectivity index (χ4v) is 1.46. The number of non-ortho nitro benzene ring substituents is 1. The van der Waals surface area contributed by atoms with E-state index in [1.807, 2.05) is 6.07 Å². The van der Waals surface area contributed by atoms with E-state index in [-0.39, 0.29) is 11.4 Å². The van der Waals surface area contributed by atoms with Crippen molar-refractivity contribution in [3.05, 3.63) is 28.3 Å². The Morgan fingerprint density at radius 1 is 1.60 bits per heavy atom. The summed E-state index contributed by atoms with van der Waals surface area (Å²) in [6.45, 7) is 3.22. The number of amides is 1. The van der Waals surface area contributed by atoms with Crippen LogP contribution in [-0.4, -0.2) is 17.9 Å². The molecule has 1 unspecified atom stereocenters. The van der Waals surface area contributed by atoms with E-state index in [4.69, 9.17) is 10.00 Å². The van der Waals surface area contributed by atoms with Crippen molar-refractivity contribution in [2.24, 2.45) is 5.41 Å². The molecule has 0 aromatic heterocycles. The van der Waals surface area contributed by atoms with Crippen LogP contribution in [0.3, 0.4) is 0 Å². The average Bonchev–Trinajstić information content (AvgIpc) is 2.46. The third kappa shape index (κ3) is 3.03. The molecule has 7 heteroatoms. The molecule has 0 saturated carbocycles. The van der Waals surface area contributed by atoms with Gasteiger partial charge in [-0.2, -0.15) is 5.26 Å². The topological polar surface area (TPSA) is 105 Å². The maximum absolute atomic E-state index is 12.1. The van der Waals surface area contributed by atoms with Gasteiger partial charge >= 0.3 is 0 Å². The lowest BCUT2D eigenvalue weighted by atomic mass is 9.88. The van der Waals surface area contributed by atoms with Crippen molar-refractivity contribution >= 4 is 17.3 Å². The number of rotatable bonds is 5. The van der Waals surface area contributed by atoms with Crippen LogP contribution in [0.4, 0.5) is 11.4 Å². The van der Waals surface area contributed by atoms with Crippen molar-refractivity contribution in [2.75, 3.05) is 12.4 Å². The SMILES string of the molecule is CCC(C)(C#N)C(=O)Nc1cc([N+](=O)[O-])ccc1OC. The van der Waals surface area contributed by atoms with Crippen LogP contribution in [0.1, 0.15) is 20.3 Å². The highest BCUT2D eigenvalue weighted by molar-refractivity contribution is 5.98. The number of nitriles is 1. The van der Waals surface area contributed by atoms with Crippen LogP contribution < -0.4 is 10.1 Å². The lowest BCUT2D eigenvalue weighted by Crippen LogP contribution is -2.31. The van der Waals surface area contributed by atoms with Gasteiger partial charge in [0, 0.05) is 12.1 Å². The number of hydrogen-bond acceptors (Lipinski definition) is 5. The molecule has 1 amide bonds. The van der Waals surface area contributed by atoms with Gasteiger partial charge in [-0.05, 0) is 19.4 Å². The minimum Gasteiger partial charge on any atom is -0.495 e. The van der Waals surface area contributed by atoms with E-state index in [1.54, 1.807) is 6.92 Å². The van der Waals surface area contributed by atoms with E-state index in [1.165, 1.54) is 32.2 Å². The molecule has 7 nitrogen and oxygen atoms in total. The summed E-state index contributed by atoms with van der Waals surface area (Å²) in [5.74, 6) is -0.235. The Balaban J connectivity index is 3.14. The molecule has 1 rings (SSSR count). The number of hydrogen-bond donors (Lipinski definition) is 1. The van der Waals surface area contributed by atoms with Gasteiger partial charge in [-0.3, -0.25) is 14.9 Å². The molecule has 20 heavy (non-hydrogen) atoms. The molecule has 106 valence electrons. The third-order valence-electron chi connectivity index (χ3n) is 3.10. The highest BCUT2D eigenvalue weighted by atomic mass is 16.6. The number of nitro groups is 1. The first-order chi connectivity index (χ1) is 9.37. The van der Waals surface area contributed by atoms with Gasteiger partial charge in [-0.1, -0.05) is 6.92 Å². The number of benzene rings is 1. The van der Waals surface area contributed by atoms with Crippen molar-refractivity contribution in [1.82, 2.24) is 0 Å². The molecule has 0 spiro atoms. The maximum atomic E-state index is 12.1. The predicted octanol–water partition coefficient (Wildman–Crippen LogP) is 2.48. The number of ether oxygens (including phenoxy) is 1. The van der Waals surface area contributed by atoms with Crippen LogP contribution in [0.5, 0.6) is 5.75 Å². The Morgan fingerprint density at radius 3 is 2.70 bits per heavy atom. The summed E-state index contributed by atoms with van der Waals surface area (Å²) in [6.07, 6.45) is 0.326. The van der Waals surface area contributed by atoms with Crippen molar-refractivity contribution < 1.29 is 14.5 Å². The summed E-state index contributed by atoms with van der Waals surface area (Å²) in [5, 5.41) is 22.3. The van der Waals surface area contributed by atoms with E-state index < -0.39 is 16.2 Å². The highest BCUT2D eigenvalue weighted by Gasteiger charge is 2.32. The normalized spacial score (nSPS) is 12.9. The second-order valence-electron chi connectivity index (χ2n) is 4.39. The Bertz CT molecular complexity index is 579. The number of nitrogens with one attached hydrogen (secondary N) is 1. The minimum atomic E-state index is -1.20. The molecule has 1 N–H and O–H groups in total. The fourth-order valence-electron chi connectivity index (χ4n) is 1.46. The second-order valence-corrected chi connectivity index (χ2v) is 4.39. The number of anilines is 1. The van der Waals surface area contributed by atoms with Crippen LogP contribution >= 0.6 is 0 Å². The number of nitrogens with zero attached hydrogens (tertiary/aromatic N) is 2. The molecule has 0 radical (unpaired) electrons. The van der Waals surface area contributed by atoms with E-state index in [0.717, 1.165) is 0 Å². The molecule has 0 aliphatic carbocycles. The Hall–Kier alpha value is -2.62. The number of nitro benzene ring substituents is 1. The van der Waals surface area contributed by atoms with Gasteiger partial charge in [0.1, 0.15) is 11.2 Å². The Labute approximate surface area is 116 Å². The van der Waals surface area contributed by atoms with E-state index in [0.29, 0.717) is 12.2 Å². The van der Waals surface area contributed by atoms with Gasteiger partial charge < -0.3 is 10.1 Å². The first-order valence-corrected chi connectivity index (χ1v) is 5.93. The first-order valence-electron chi connectivity index (χ1n) is 5.93. The standard InChI is InChI=1S/C13H15N3O4/c1-4-13(2,8-14)12(17)15-10-7-9(16(18)19)5-6-11(10)20-3/h5-7H,4H2,1-3H3,(H,15,17). The summed E-state index contributed by atoms with van der Waals surface area (Å²) in [7, 11) is 1.39. The summed E-state index contributed by atoms with van der Waals surface area (Å²) < 4.78 is 5.04. The lowest BCUT2D eigenvalue weighted by molar-refractivity contribution is -0.384. The first kappa shape index (κ1) is 15.4. The summed E-state index contributed by atoms with van der Waals surface area (Å²) >= 11 is 0. The zero-order valence-electron chi connectivity index (χ0n) is 11.5. The monoisotopic (exact) mass is 277 g/mol. The highest BCUT2D eigenvalue weighted by Crippen LogP contribution is 2.31. The molecule has 0 bridgehead atoms. The largest absolute Gasteiger partial charge is 0.495 e. The Kier molecular flexibility index (Phi) is 4.64. The van der Waals surface area contributed by atoms with Gasteiger partial charge in [0.15, 0.2) is 0 Å². The molecule has 1 aromatic carbocycles. The van der Waals surface area contributed by atoms with E-state index in [2.05, 4.69) is 5.32 Å². The summed E-state index contributed by atoms with van der Waals surface area (Å²) in [6, 6.07) is 5.80. The summed E-state index contributed by atoms with van der Waals surface area (Å²) in [5.41, 5.74) is -1.20. The molecular formula is C13H15N3O4. The molecule has 1 aromatic rings. The molecule has 1 atom stereocenters. The van der Waals surface area contributed by atoms with Crippen molar-refractivity contribution in [3.8, 4) is 11.8 Å². The lowest BCUT2D eigenvalue weighted by Gasteiger charge is -2.19. The minimum absolute atomic E-state index is 0.168. The molecular weight excluding hydrogens is 262 g/mol. The van der Waals surface area contributed by atoms with Crippen LogP contribution in [0.15, 0.2) is 18.2 Å². The summed E-state index contributed by atoms with van der Waals surface area (Å²) in [4.78, 5) is 22.3. The molecule has 0 aliphatic heterocycles. The number of methoxy groups -OCH3 is 1. The second kappa shape index (κ2) is 6.02. The van der Waals surface area contributed by atoms with Crippen LogP contribution in [-0.2, 0) is 4.79 Å². The third-order valence-corrected chi connectivity index (χ3v) is 3.10. The predicted molar refractivity (Wildman–Crippen MR) is 72.3 cm³/mol. The van der Waals surface area contributed by atoms with E-state index in [9.17, 15) is 14.9 Å². The zero-order valence-corrected chi connectivity index (χ0v) is 11.5. The van der Waals surface area contributed by atoms with Gasteiger partial charge in [0.25, 0.3) is 5.69 Å².